The molecule has 0 bridgehead atoms. The summed E-state index contributed by atoms with van der Waals surface area (Å²) >= 11 is 0. The molecule has 2 rings (SSSR count). The van der Waals surface area contributed by atoms with Gasteiger partial charge in [-0.25, -0.2) is 0 Å². The zero-order valence-electron chi connectivity index (χ0n) is 9.34. The largest absolute Gasteiger partial charge is 0.398 e. The molecule has 1 aromatic rings. The van der Waals surface area contributed by atoms with Crippen LogP contribution in [0.5, 0.6) is 0 Å². The number of hydrogen-bond acceptors (Lipinski definition) is 2. The minimum atomic E-state index is 0.121. The van der Waals surface area contributed by atoms with E-state index in [1.807, 2.05) is 19.9 Å². The lowest BCUT2D eigenvalue weighted by molar-refractivity contribution is 0.0927. The molecule has 1 aliphatic carbocycles. The number of ketones is 1. The van der Waals surface area contributed by atoms with Crippen LogP contribution in [0.3, 0.4) is 0 Å². The van der Waals surface area contributed by atoms with E-state index in [-0.39, 0.29) is 11.7 Å². The smallest absolute Gasteiger partial charge is 0.168 e. The average molecular weight is 203 g/mol. The minimum Gasteiger partial charge on any atom is -0.398 e. The van der Waals surface area contributed by atoms with Gasteiger partial charge in [-0.05, 0) is 37.3 Å². The molecule has 1 unspecified atom stereocenters. The predicted molar refractivity (Wildman–Crippen MR) is 62.0 cm³/mol. The van der Waals surface area contributed by atoms with Crippen LogP contribution in [-0.4, -0.2) is 5.78 Å². The highest BCUT2D eigenvalue weighted by atomic mass is 16.1. The molecule has 0 fully saturated rings. The number of carbonyl (C=O) groups excluding carboxylic acids is 1. The summed E-state index contributed by atoms with van der Waals surface area (Å²) in [6.45, 7) is 3.96. The lowest BCUT2D eigenvalue weighted by atomic mass is 9.93. The van der Waals surface area contributed by atoms with Gasteiger partial charge in [0.2, 0.25) is 0 Å². The fourth-order valence-corrected chi connectivity index (χ4v) is 2.24. The van der Waals surface area contributed by atoms with Crippen molar-refractivity contribution in [3.05, 3.63) is 28.8 Å². The van der Waals surface area contributed by atoms with Crippen molar-refractivity contribution in [2.45, 2.75) is 33.1 Å². The number of fused-ring (bicyclic) bond motifs is 1. The van der Waals surface area contributed by atoms with E-state index in [1.54, 1.807) is 0 Å². The number of benzene rings is 1. The molecule has 0 heterocycles. The van der Waals surface area contributed by atoms with E-state index in [0.717, 1.165) is 36.0 Å². The number of carbonyl (C=O) groups is 1. The molecule has 0 aromatic heterocycles. The summed E-state index contributed by atoms with van der Waals surface area (Å²) < 4.78 is 0. The van der Waals surface area contributed by atoms with Crippen LogP contribution in [0.4, 0.5) is 5.69 Å². The van der Waals surface area contributed by atoms with E-state index < -0.39 is 0 Å². The number of nitrogens with two attached hydrogens (primary N) is 1. The van der Waals surface area contributed by atoms with Crippen LogP contribution >= 0.6 is 0 Å². The van der Waals surface area contributed by atoms with Gasteiger partial charge in [0.05, 0.1) is 0 Å². The molecule has 1 atom stereocenters. The molecule has 0 spiro atoms. The van der Waals surface area contributed by atoms with Crippen LogP contribution in [0.25, 0.3) is 0 Å². The van der Waals surface area contributed by atoms with Crippen molar-refractivity contribution in [2.24, 2.45) is 5.92 Å². The van der Waals surface area contributed by atoms with Gasteiger partial charge in [-0.2, -0.15) is 0 Å². The molecular formula is C13H17NO. The highest BCUT2D eigenvalue weighted by molar-refractivity contribution is 6.04. The number of rotatable bonds is 0. The van der Waals surface area contributed by atoms with Gasteiger partial charge in [0, 0.05) is 17.2 Å². The van der Waals surface area contributed by atoms with E-state index in [2.05, 4.69) is 6.07 Å². The summed E-state index contributed by atoms with van der Waals surface area (Å²) in [4.78, 5) is 12.1. The van der Waals surface area contributed by atoms with Crippen molar-refractivity contribution in [1.29, 1.82) is 0 Å². The van der Waals surface area contributed by atoms with E-state index >= 15 is 0 Å². The number of aryl methyl sites for hydroxylation is 2. The normalized spacial score (nSPS) is 20.9. The zero-order valence-corrected chi connectivity index (χ0v) is 9.34. The molecule has 0 radical (unpaired) electrons. The fraction of sp³-hybridized carbons (Fsp3) is 0.462. The van der Waals surface area contributed by atoms with Crippen molar-refractivity contribution < 1.29 is 4.79 Å². The van der Waals surface area contributed by atoms with Crippen molar-refractivity contribution in [1.82, 2.24) is 0 Å². The Morgan fingerprint density at radius 1 is 1.40 bits per heavy atom. The first kappa shape index (κ1) is 10.2. The molecule has 0 saturated heterocycles. The van der Waals surface area contributed by atoms with Gasteiger partial charge >= 0.3 is 0 Å². The highest BCUT2D eigenvalue weighted by Crippen LogP contribution is 2.30. The SMILES string of the molecule is Cc1ccc2c(c1N)C(=O)C(C)CCC2. The van der Waals surface area contributed by atoms with Crippen LogP contribution < -0.4 is 5.73 Å². The van der Waals surface area contributed by atoms with Gasteiger partial charge in [-0.1, -0.05) is 19.1 Å². The molecule has 80 valence electrons. The molecule has 2 N–H and O–H groups in total. The van der Waals surface area contributed by atoms with Gasteiger partial charge in [0.15, 0.2) is 5.78 Å². The van der Waals surface area contributed by atoms with Crippen molar-refractivity contribution in [2.75, 3.05) is 5.73 Å². The third-order valence-corrected chi connectivity index (χ3v) is 3.33. The van der Waals surface area contributed by atoms with E-state index in [4.69, 9.17) is 5.73 Å². The van der Waals surface area contributed by atoms with Crippen LogP contribution in [0.15, 0.2) is 12.1 Å². The highest BCUT2D eigenvalue weighted by Gasteiger charge is 2.24. The van der Waals surface area contributed by atoms with Gasteiger partial charge in [0.1, 0.15) is 0 Å². The Morgan fingerprint density at radius 2 is 2.13 bits per heavy atom. The molecule has 2 nitrogen and oxygen atoms in total. The zero-order chi connectivity index (χ0) is 11.0. The molecule has 0 aliphatic heterocycles. The molecule has 2 heteroatoms. The Bertz CT molecular complexity index is 409. The molecule has 0 saturated carbocycles. The summed E-state index contributed by atoms with van der Waals surface area (Å²) in [6.07, 6.45) is 3.05. The van der Waals surface area contributed by atoms with E-state index in [9.17, 15) is 4.79 Å². The average Bonchev–Trinajstić information content (AvgIpc) is 2.35. The number of hydrogen-bond donors (Lipinski definition) is 1. The first-order valence-electron chi connectivity index (χ1n) is 5.53. The summed E-state index contributed by atoms with van der Waals surface area (Å²) in [5, 5.41) is 0. The summed E-state index contributed by atoms with van der Waals surface area (Å²) in [7, 11) is 0. The first-order chi connectivity index (χ1) is 7.11. The van der Waals surface area contributed by atoms with Gasteiger partial charge in [0.25, 0.3) is 0 Å². The Balaban J connectivity index is 2.60. The third-order valence-electron chi connectivity index (χ3n) is 3.33. The number of nitrogen functional groups attached to an aromatic ring is 1. The first-order valence-corrected chi connectivity index (χ1v) is 5.53. The molecule has 1 aromatic carbocycles. The fourth-order valence-electron chi connectivity index (χ4n) is 2.24. The lowest BCUT2D eigenvalue weighted by Crippen LogP contribution is -2.13. The summed E-state index contributed by atoms with van der Waals surface area (Å²) in [5.41, 5.74) is 9.62. The Labute approximate surface area is 90.5 Å². The molecule has 0 amide bonds. The maximum absolute atomic E-state index is 12.1. The number of anilines is 1. The number of Topliss-reactive ketones (excluding diaryl/α,β-unsaturated/α-hetero) is 1. The predicted octanol–water partition coefficient (Wildman–Crippen LogP) is 2.73. The van der Waals surface area contributed by atoms with Crippen LogP contribution in [0.1, 0.15) is 41.3 Å². The second kappa shape index (κ2) is 3.69. The molecular weight excluding hydrogens is 186 g/mol. The topological polar surface area (TPSA) is 43.1 Å². The van der Waals surface area contributed by atoms with E-state index in [0.29, 0.717) is 5.69 Å². The van der Waals surface area contributed by atoms with Gasteiger partial charge < -0.3 is 5.73 Å². The maximum Gasteiger partial charge on any atom is 0.168 e. The summed E-state index contributed by atoms with van der Waals surface area (Å²) in [5.74, 6) is 0.346. The quantitative estimate of drug-likeness (QED) is 0.520. The maximum atomic E-state index is 12.1. The van der Waals surface area contributed by atoms with Crippen LogP contribution in [0.2, 0.25) is 0 Å². The van der Waals surface area contributed by atoms with E-state index in [1.165, 1.54) is 0 Å². The van der Waals surface area contributed by atoms with Gasteiger partial charge in [-0.3, -0.25) is 4.79 Å². The van der Waals surface area contributed by atoms with Gasteiger partial charge in [-0.15, -0.1) is 0 Å². The minimum absolute atomic E-state index is 0.121. The Kier molecular flexibility index (Phi) is 2.51. The Hall–Kier alpha value is -1.31. The standard InChI is InChI=1S/C13H17NO/c1-8-6-7-10-5-3-4-9(2)13(15)11(10)12(8)14/h6-7,9H,3-5,14H2,1-2H3. The molecule has 1 aliphatic rings. The van der Waals surface area contributed by atoms with Crippen molar-refractivity contribution in [3.8, 4) is 0 Å². The van der Waals surface area contributed by atoms with Crippen molar-refractivity contribution >= 4 is 11.5 Å². The summed E-state index contributed by atoms with van der Waals surface area (Å²) in [6, 6.07) is 4.06. The van der Waals surface area contributed by atoms with Crippen LogP contribution in [-0.2, 0) is 6.42 Å². The van der Waals surface area contributed by atoms with Crippen LogP contribution in [0, 0.1) is 12.8 Å². The Morgan fingerprint density at radius 3 is 2.87 bits per heavy atom. The molecule has 15 heavy (non-hydrogen) atoms. The second-order valence-corrected chi connectivity index (χ2v) is 4.49. The monoisotopic (exact) mass is 203 g/mol. The van der Waals surface area contributed by atoms with Crippen molar-refractivity contribution in [3.63, 3.8) is 0 Å². The second-order valence-electron chi connectivity index (χ2n) is 4.49. The lowest BCUT2D eigenvalue weighted by Gasteiger charge is -2.12. The third kappa shape index (κ3) is 1.65.